The number of hydrogen-bond donors (Lipinski definition) is 4. The lowest BCUT2D eigenvalue weighted by Gasteiger charge is -2.02. The van der Waals surface area contributed by atoms with Crippen molar-refractivity contribution in [2.45, 2.75) is 6.42 Å². The first kappa shape index (κ1) is 16.2. The smallest absolute Gasteiger partial charge is 0.127 e. The van der Waals surface area contributed by atoms with E-state index in [9.17, 15) is 4.39 Å². The van der Waals surface area contributed by atoms with Gasteiger partial charge in [0.25, 0.3) is 0 Å². The van der Waals surface area contributed by atoms with E-state index in [0.717, 1.165) is 11.0 Å². The lowest BCUT2D eigenvalue weighted by molar-refractivity contribution is 0.628. The number of benzene rings is 2. The highest BCUT2D eigenvalue weighted by atomic mass is 19.1. The lowest BCUT2D eigenvalue weighted by atomic mass is 10.2. The van der Waals surface area contributed by atoms with Crippen LogP contribution >= 0.6 is 0 Å². The number of nitrogens with one attached hydrogen (secondary N) is 3. The van der Waals surface area contributed by atoms with E-state index >= 15 is 0 Å². The first-order chi connectivity index (χ1) is 13.6. The number of nitrogen functional groups attached to an aromatic ring is 1. The van der Waals surface area contributed by atoms with Crippen LogP contribution in [0.4, 0.5) is 4.39 Å². The van der Waals surface area contributed by atoms with Crippen LogP contribution in [0.1, 0.15) is 17.2 Å². The van der Waals surface area contributed by atoms with Crippen LogP contribution < -0.4 is 5.73 Å². The SMILES string of the molecule is N=C(N)c1ccc2nc(Cc3nc4c(-n5ccnc5)cc(F)cc4[nH]3)[nH]c2c1. The van der Waals surface area contributed by atoms with Crippen molar-refractivity contribution in [1.82, 2.24) is 29.5 Å². The molecule has 0 radical (unpaired) electrons. The van der Waals surface area contributed by atoms with E-state index < -0.39 is 0 Å². The second kappa shape index (κ2) is 6.02. The van der Waals surface area contributed by atoms with Crippen LogP contribution in [0.25, 0.3) is 27.8 Å². The number of nitrogens with two attached hydrogens (primary N) is 1. The zero-order valence-corrected chi connectivity index (χ0v) is 14.6. The first-order valence-corrected chi connectivity index (χ1v) is 8.56. The third kappa shape index (κ3) is 2.69. The van der Waals surface area contributed by atoms with E-state index in [0.29, 0.717) is 40.4 Å². The van der Waals surface area contributed by atoms with Crippen molar-refractivity contribution in [3.05, 3.63) is 72.1 Å². The number of H-pyrrole nitrogens is 2. The Morgan fingerprint density at radius 2 is 1.93 bits per heavy atom. The maximum atomic E-state index is 14.0. The number of imidazole rings is 3. The second-order valence-corrected chi connectivity index (χ2v) is 6.48. The number of nitrogens with zero attached hydrogens (tertiary/aromatic N) is 4. The van der Waals surface area contributed by atoms with Crippen LogP contribution in [0.5, 0.6) is 0 Å². The Hall–Kier alpha value is -4.01. The Balaban J connectivity index is 1.54. The Bertz CT molecular complexity index is 1330. The standard InChI is InChI=1S/C19H15FN8/c20-11-6-14-18(15(7-11)28-4-3-23-9-28)27-17(26-14)8-16-24-12-2-1-10(19(21)22)5-13(12)25-16/h1-7,9H,8H2,(H3,21,22)(H,24,25)(H,26,27). The Morgan fingerprint density at radius 1 is 1.11 bits per heavy atom. The Morgan fingerprint density at radius 3 is 2.71 bits per heavy atom. The molecular formula is C19H15FN8. The van der Waals surface area contributed by atoms with Gasteiger partial charge in [0.15, 0.2) is 0 Å². The van der Waals surface area contributed by atoms with Crippen LogP contribution in [0.2, 0.25) is 0 Å². The summed E-state index contributed by atoms with van der Waals surface area (Å²) < 4.78 is 15.8. The first-order valence-electron chi connectivity index (χ1n) is 8.56. The van der Waals surface area contributed by atoms with Crippen molar-refractivity contribution in [2.24, 2.45) is 5.73 Å². The number of aromatic amines is 2. The number of fused-ring (bicyclic) bond motifs is 2. The molecule has 0 aliphatic heterocycles. The normalized spacial score (nSPS) is 11.5. The average Bonchev–Trinajstić information content (AvgIpc) is 3.39. The van der Waals surface area contributed by atoms with Gasteiger partial charge in [-0.2, -0.15) is 0 Å². The van der Waals surface area contributed by atoms with Gasteiger partial charge >= 0.3 is 0 Å². The van der Waals surface area contributed by atoms with Gasteiger partial charge < -0.3 is 20.3 Å². The van der Waals surface area contributed by atoms with Gasteiger partial charge in [0, 0.05) is 24.0 Å². The highest BCUT2D eigenvalue weighted by Crippen LogP contribution is 2.23. The fourth-order valence-corrected chi connectivity index (χ4v) is 3.27. The minimum absolute atomic E-state index is 0.00407. The van der Waals surface area contributed by atoms with Gasteiger partial charge in [-0.25, -0.2) is 19.3 Å². The fourth-order valence-electron chi connectivity index (χ4n) is 3.27. The maximum Gasteiger partial charge on any atom is 0.127 e. The van der Waals surface area contributed by atoms with Crippen LogP contribution in [0, 0.1) is 11.2 Å². The Labute approximate surface area is 157 Å². The molecule has 5 rings (SSSR count). The van der Waals surface area contributed by atoms with E-state index in [2.05, 4.69) is 24.9 Å². The molecule has 9 heteroatoms. The highest BCUT2D eigenvalue weighted by molar-refractivity contribution is 5.97. The molecule has 0 aliphatic carbocycles. The van der Waals surface area contributed by atoms with Crippen molar-refractivity contribution in [3.63, 3.8) is 0 Å². The zero-order chi connectivity index (χ0) is 19.3. The summed E-state index contributed by atoms with van der Waals surface area (Å²) in [4.78, 5) is 19.6. The van der Waals surface area contributed by atoms with Crippen LogP contribution in [-0.4, -0.2) is 35.3 Å². The molecule has 0 bridgehead atoms. The molecule has 28 heavy (non-hydrogen) atoms. The van der Waals surface area contributed by atoms with E-state index in [1.807, 2.05) is 6.07 Å². The van der Waals surface area contributed by atoms with Gasteiger partial charge in [0.05, 0.1) is 35.0 Å². The quantitative estimate of drug-likeness (QED) is 0.285. The molecule has 0 saturated carbocycles. The van der Waals surface area contributed by atoms with Crippen LogP contribution in [0.3, 0.4) is 0 Å². The summed E-state index contributed by atoms with van der Waals surface area (Å²) in [6.07, 6.45) is 5.40. The number of aromatic nitrogens is 6. The molecule has 3 heterocycles. The summed E-state index contributed by atoms with van der Waals surface area (Å²) in [5.74, 6) is 1.02. The highest BCUT2D eigenvalue weighted by Gasteiger charge is 2.13. The van der Waals surface area contributed by atoms with Gasteiger partial charge in [-0.05, 0) is 24.3 Å². The molecule has 0 amide bonds. The minimum Gasteiger partial charge on any atom is -0.384 e. The van der Waals surface area contributed by atoms with Crippen molar-refractivity contribution in [2.75, 3.05) is 0 Å². The summed E-state index contributed by atoms with van der Waals surface area (Å²) in [6, 6.07) is 8.22. The molecule has 3 aromatic heterocycles. The third-order valence-electron chi connectivity index (χ3n) is 4.54. The number of amidine groups is 1. The molecule has 0 atom stereocenters. The molecule has 0 saturated heterocycles. The lowest BCUT2D eigenvalue weighted by Crippen LogP contribution is -2.10. The van der Waals surface area contributed by atoms with Gasteiger partial charge in [-0.1, -0.05) is 0 Å². The zero-order valence-electron chi connectivity index (χ0n) is 14.6. The van der Waals surface area contributed by atoms with Crippen LogP contribution in [0.15, 0.2) is 49.1 Å². The van der Waals surface area contributed by atoms with Gasteiger partial charge in [-0.3, -0.25) is 5.41 Å². The summed E-state index contributed by atoms with van der Waals surface area (Å²) >= 11 is 0. The molecule has 2 aromatic carbocycles. The summed E-state index contributed by atoms with van der Waals surface area (Å²) in [7, 11) is 0. The topological polar surface area (TPSA) is 125 Å². The molecule has 5 N–H and O–H groups in total. The predicted octanol–water partition coefficient (Wildman–Crippen LogP) is 2.64. The molecule has 0 aliphatic rings. The molecule has 0 spiro atoms. The molecule has 0 fully saturated rings. The Kier molecular flexibility index (Phi) is 3.48. The van der Waals surface area contributed by atoms with Crippen molar-refractivity contribution >= 4 is 27.9 Å². The predicted molar refractivity (Wildman–Crippen MR) is 103 cm³/mol. The number of rotatable bonds is 4. The molecule has 8 nitrogen and oxygen atoms in total. The van der Waals surface area contributed by atoms with Crippen molar-refractivity contribution in [1.29, 1.82) is 5.41 Å². The monoisotopic (exact) mass is 374 g/mol. The van der Waals surface area contributed by atoms with E-state index in [1.54, 1.807) is 35.4 Å². The molecule has 5 aromatic rings. The van der Waals surface area contributed by atoms with Crippen LogP contribution in [-0.2, 0) is 6.42 Å². The molecular weight excluding hydrogens is 359 g/mol. The fraction of sp³-hybridized carbons (Fsp3) is 0.0526. The molecule has 138 valence electrons. The minimum atomic E-state index is -0.355. The summed E-state index contributed by atoms with van der Waals surface area (Å²) in [5.41, 5.74) is 9.63. The average molecular weight is 374 g/mol. The van der Waals surface area contributed by atoms with Crippen molar-refractivity contribution < 1.29 is 4.39 Å². The van der Waals surface area contributed by atoms with Gasteiger partial charge in [-0.15, -0.1) is 0 Å². The number of halogens is 1. The third-order valence-corrected chi connectivity index (χ3v) is 4.54. The summed E-state index contributed by atoms with van der Waals surface area (Å²) in [6.45, 7) is 0. The van der Waals surface area contributed by atoms with Crippen molar-refractivity contribution in [3.8, 4) is 5.69 Å². The second-order valence-electron chi connectivity index (χ2n) is 6.48. The van der Waals surface area contributed by atoms with Gasteiger partial charge in [0.2, 0.25) is 0 Å². The largest absolute Gasteiger partial charge is 0.384 e. The molecule has 0 unspecified atom stereocenters. The van der Waals surface area contributed by atoms with E-state index in [-0.39, 0.29) is 11.7 Å². The van der Waals surface area contributed by atoms with E-state index in [1.165, 1.54) is 12.1 Å². The maximum absolute atomic E-state index is 14.0. The summed E-state index contributed by atoms with van der Waals surface area (Å²) in [5, 5.41) is 7.55. The van der Waals surface area contributed by atoms with Gasteiger partial charge in [0.1, 0.15) is 28.8 Å². The number of hydrogen-bond acceptors (Lipinski definition) is 4. The van der Waals surface area contributed by atoms with E-state index in [4.69, 9.17) is 11.1 Å².